The largest absolute Gasteiger partial charge is 0.501 e. The maximum atomic E-state index is 12.4. The molecule has 0 aromatic carbocycles. The minimum absolute atomic E-state index is 0.0989. The number of likely N-dealkylation sites (N-methyl/N-ethyl adjacent to an activating group) is 1. The third-order valence-corrected chi connectivity index (χ3v) is 8.89. The van der Waals surface area contributed by atoms with E-state index in [1.807, 2.05) is 20.8 Å². The van der Waals surface area contributed by atoms with Crippen LogP contribution < -0.4 is 0 Å². The van der Waals surface area contributed by atoms with Crippen LogP contribution in [0.25, 0.3) is 0 Å². The Kier molecular flexibility index (Phi) is 19.5. The number of nitrogens with zero attached hydrogens (tertiary/aromatic N) is 1. The number of carbonyl (C=O) groups is 2. The summed E-state index contributed by atoms with van der Waals surface area (Å²) >= 11 is 0. The Bertz CT molecular complexity index is 543. The van der Waals surface area contributed by atoms with Crippen molar-refractivity contribution in [3.05, 3.63) is 0 Å². The number of hydrogen-bond acceptors (Lipinski definition) is 7. The lowest BCUT2D eigenvalue weighted by atomic mass is 10.2. The summed E-state index contributed by atoms with van der Waals surface area (Å²) in [7, 11) is 1.52. The molecule has 0 aromatic rings. The number of ether oxygens (including phenoxy) is 2. The first-order valence-electron chi connectivity index (χ1n) is 13.8. The van der Waals surface area contributed by atoms with E-state index in [2.05, 4.69) is 27.9 Å². The van der Waals surface area contributed by atoms with Gasteiger partial charge in [-0.05, 0) is 33.6 Å². The maximum absolute atomic E-state index is 12.4. The molecule has 0 aliphatic carbocycles. The molecular weight excluding hydrogens is 466 g/mol. The lowest BCUT2D eigenvalue weighted by Gasteiger charge is -2.34. The van der Waals surface area contributed by atoms with Crippen LogP contribution in [0.1, 0.15) is 92.4 Å². The topological polar surface area (TPSA) is 80.3 Å². The van der Waals surface area contributed by atoms with Crippen LogP contribution >= 0.6 is 0 Å². The van der Waals surface area contributed by atoms with Crippen LogP contribution in [0.2, 0.25) is 6.04 Å². The van der Waals surface area contributed by atoms with Gasteiger partial charge < -0.3 is 27.2 Å². The van der Waals surface area contributed by atoms with Gasteiger partial charge in [-0.2, -0.15) is 0 Å². The van der Waals surface area contributed by atoms with Gasteiger partial charge in [-0.3, -0.25) is 9.59 Å². The Morgan fingerprint density at radius 2 is 1.26 bits per heavy atom. The van der Waals surface area contributed by atoms with E-state index in [-0.39, 0.29) is 18.5 Å². The molecule has 0 heterocycles. The molecule has 0 saturated carbocycles. The number of unbranched alkanes of at least 4 members (excludes halogenated alkanes) is 4. The van der Waals surface area contributed by atoms with E-state index in [9.17, 15) is 9.59 Å². The van der Waals surface area contributed by atoms with Gasteiger partial charge in [0.05, 0.1) is 20.6 Å². The number of hydrogen-bond donors (Lipinski definition) is 0. The molecule has 0 radical (unpaired) electrons. The van der Waals surface area contributed by atoms with Crippen molar-refractivity contribution in [2.24, 2.45) is 0 Å². The quantitative estimate of drug-likeness (QED) is 0.0801. The third-order valence-electron chi connectivity index (χ3n) is 5.73. The molecule has 0 amide bonds. The molecule has 8 nitrogen and oxygen atoms in total. The molecule has 0 bridgehead atoms. The summed E-state index contributed by atoms with van der Waals surface area (Å²) in [6, 6.07) is 0.734. The normalized spacial score (nSPS) is 13.0. The predicted octanol–water partition coefficient (Wildman–Crippen LogP) is 5.12. The minimum Gasteiger partial charge on any atom is -0.461 e. The summed E-state index contributed by atoms with van der Waals surface area (Å²) in [6.07, 6.45) is 6.93. The predicted molar refractivity (Wildman–Crippen MR) is 141 cm³/mol. The molecule has 0 fully saturated rings. The Morgan fingerprint density at radius 1 is 0.743 bits per heavy atom. The molecule has 0 N–H and O–H groups in total. The van der Waals surface area contributed by atoms with Crippen molar-refractivity contribution in [2.45, 2.75) is 105 Å². The average molecular weight is 521 g/mol. The lowest BCUT2D eigenvalue weighted by Crippen LogP contribution is -2.50. The molecular formula is C26H54NO7Si+. The molecule has 0 rings (SSSR count). The first kappa shape index (κ1) is 34.0. The van der Waals surface area contributed by atoms with Crippen LogP contribution in [0.4, 0.5) is 0 Å². The van der Waals surface area contributed by atoms with Crippen LogP contribution in [0.15, 0.2) is 0 Å². The van der Waals surface area contributed by atoms with Crippen molar-refractivity contribution in [3.8, 4) is 0 Å². The molecule has 1 atom stereocenters. The van der Waals surface area contributed by atoms with E-state index >= 15 is 0 Å². The molecule has 1 unspecified atom stereocenters. The van der Waals surface area contributed by atoms with Crippen molar-refractivity contribution >= 4 is 20.7 Å². The fourth-order valence-electron chi connectivity index (χ4n) is 4.03. The van der Waals surface area contributed by atoms with Crippen LogP contribution in [0.5, 0.6) is 0 Å². The fourth-order valence-corrected chi connectivity index (χ4v) is 6.63. The van der Waals surface area contributed by atoms with Gasteiger partial charge in [0.1, 0.15) is 13.2 Å². The Hall–Kier alpha value is -1.00. The zero-order valence-electron chi connectivity index (χ0n) is 23.7. The summed E-state index contributed by atoms with van der Waals surface area (Å²) in [5.74, 6) is -0.447. The molecule has 0 aliphatic heterocycles. The van der Waals surface area contributed by atoms with Gasteiger partial charge in [0.25, 0.3) is 0 Å². The van der Waals surface area contributed by atoms with Crippen molar-refractivity contribution in [2.75, 3.05) is 53.6 Å². The summed E-state index contributed by atoms with van der Waals surface area (Å²) < 4.78 is 29.8. The Balaban J connectivity index is 5.03. The van der Waals surface area contributed by atoms with Crippen LogP contribution in [0.3, 0.4) is 0 Å². The van der Waals surface area contributed by atoms with Crippen LogP contribution in [-0.2, 0) is 32.3 Å². The van der Waals surface area contributed by atoms with Crippen LogP contribution in [0, 0.1) is 0 Å². The van der Waals surface area contributed by atoms with Gasteiger partial charge in [-0.25, -0.2) is 0 Å². The summed E-state index contributed by atoms with van der Waals surface area (Å²) in [4.78, 5) is 24.6. The zero-order valence-corrected chi connectivity index (χ0v) is 24.7. The summed E-state index contributed by atoms with van der Waals surface area (Å²) in [5, 5.41) is 0. The Labute approximate surface area is 215 Å². The number of carbonyl (C=O) groups excluding carboxylic acids is 2. The minimum atomic E-state index is -2.69. The maximum Gasteiger partial charge on any atom is 0.501 e. The molecule has 0 spiro atoms. The fraction of sp³-hybridized carbons (Fsp3) is 0.923. The highest BCUT2D eigenvalue weighted by atomic mass is 28.4. The molecule has 35 heavy (non-hydrogen) atoms. The smallest absolute Gasteiger partial charge is 0.461 e. The molecule has 0 aromatic heterocycles. The van der Waals surface area contributed by atoms with Gasteiger partial charge in [0, 0.05) is 45.1 Å². The van der Waals surface area contributed by atoms with E-state index in [4.69, 9.17) is 22.8 Å². The zero-order chi connectivity index (χ0) is 26.6. The number of esters is 2. The second kappa shape index (κ2) is 20.1. The lowest BCUT2D eigenvalue weighted by molar-refractivity contribution is -0.893. The monoisotopic (exact) mass is 520 g/mol. The van der Waals surface area contributed by atoms with E-state index < -0.39 is 14.9 Å². The van der Waals surface area contributed by atoms with Crippen LogP contribution in [-0.4, -0.2) is 84.9 Å². The number of rotatable bonds is 23. The van der Waals surface area contributed by atoms with Crippen molar-refractivity contribution < 1.29 is 36.8 Å². The SMILES string of the molecule is CCCCCC(=O)OCC(C[N+](C)(C)CCC[Si](OCC)(OCC)OCC)OC(=O)CCCCC. The number of quaternary nitrogens is 1. The van der Waals surface area contributed by atoms with E-state index in [0.29, 0.717) is 43.7 Å². The highest BCUT2D eigenvalue weighted by Gasteiger charge is 2.40. The first-order chi connectivity index (χ1) is 16.7. The van der Waals surface area contributed by atoms with Gasteiger partial charge in [-0.15, -0.1) is 0 Å². The third kappa shape index (κ3) is 17.1. The second-order valence-electron chi connectivity index (χ2n) is 9.64. The first-order valence-corrected chi connectivity index (χ1v) is 15.7. The molecule has 9 heteroatoms. The van der Waals surface area contributed by atoms with E-state index in [1.54, 1.807) is 0 Å². The van der Waals surface area contributed by atoms with Gasteiger partial charge in [-0.1, -0.05) is 39.5 Å². The van der Waals surface area contributed by atoms with Gasteiger partial charge in [0.2, 0.25) is 0 Å². The molecule has 0 aliphatic rings. The van der Waals surface area contributed by atoms with Crippen molar-refractivity contribution in [3.63, 3.8) is 0 Å². The summed E-state index contributed by atoms with van der Waals surface area (Å²) in [6.45, 7) is 13.3. The van der Waals surface area contributed by atoms with Crippen molar-refractivity contribution in [1.29, 1.82) is 0 Å². The van der Waals surface area contributed by atoms with Gasteiger partial charge >= 0.3 is 20.7 Å². The van der Waals surface area contributed by atoms with E-state index in [0.717, 1.165) is 57.5 Å². The molecule has 0 saturated heterocycles. The Morgan fingerprint density at radius 3 is 1.74 bits per heavy atom. The summed E-state index contributed by atoms with van der Waals surface area (Å²) in [5.41, 5.74) is 0. The van der Waals surface area contributed by atoms with E-state index in [1.165, 1.54) is 0 Å². The highest BCUT2D eigenvalue weighted by molar-refractivity contribution is 6.60. The van der Waals surface area contributed by atoms with Gasteiger partial charge in [0.15, 0.2) is 6.10 Å². The average Bonchev–Trinajstić information content (AvgIpc) is 2.78. The highest BCUT2D eigenvalue weighted by Crippen LogP contribution is 2.20. The standard InChI is InChI=1S/C26H54NO7Si/c1-8-13-15-18-25(28)30-23-24(34-26(29)19-16-14-9-2)22-27(6,7)20-17-21-35(31-10-3,32-11-4)33-12-5/h24H,8-23H2,1-7H3/q+1. The molecule has 208 valence electrons. The van der Waals surface area contributed by atoms with Crippen molar-refractivity contribution in [1.82, 2.24) is 0 Å². The second-order valence-corrected chi connectivity index (χ2v) is 12.4.